The number of rotatable bonds is 4. The normalized spacial score (nSPS) is 10.7. The lowest BCUT2D eigenvalue weighted by molar-refractivity contribution is 0.263. The number of benzene rings is 2. The van der Waals surface area contributed by atoms with Gasteiger partial charge in [0.2, 0.25) is 0 Å². The zero-order chi connectivity index (χ0) is 14.7. The standard InChI is InChI=1S/C14H10BrF3O2/c15-10-2-1-9(11(16)5-10)7-20-14-12(17)3-8(6-19)4-13(14)18/h1-5,19H,6-7H2. The minimum Gasteiger partial charge on any atom is -0.483 e. The van der Waals surface area contributed by atoms with Gasteiger partial charge < -0.3 is 9.84 Å². The van der Waals surface area contributed by atoms with Gasteiger partial charge >= 0.3 is 0 Å². The van der Waals surface area contributed by atoms with Crippen molar-refractivity contribution >= 4 is 15.9 Å². The van der Waals surface area contributed by atoms with E-state index in [-0.39, 0.29) is 17.7 Å². The predicted octanol–water partition coefficient (Wildman–Crippen LogP) is 3.94. The summed E-state index contributed by atoms with van der Waals surface area (Å²) in [4.78, 5) is 0. The van der Waals surface area contributed by atoms with Crippen LogP contribution in [-0.4, -0.2) is 5.11 Å². The summed E-state index contributed by atoms with van der Waals surface area (Å²) in [5.74, 6) is -3.00. The molecule has 2 aromatic rings. The molecule has 0 spiro atoms. The van der Waals surface area contributed by atoms with E-state index in [1.54, 1.807) is 6.07 Å². The van der Waals surface area contributed by atoms with Crippen molar-refractivity contribution in [2.45, 2.75) is 13.2 Å². The van der Waals surface area contributed by atoms with Crippen LogP contribution in [0.25, 0.3) is 0 Å². The van der Waals surface area contributed by atoms with Gasteiger partial charge in [-0.15, -0.1) is 0 Å². The lowest BCUT2D eigenvalue weighted by Crippen LogP contribution is -2.03. The molecule has 0 amide bonds. The molecule has 0 aliphatic heterocycles. The van der Waals surface area contributed by atoms with Crippen molar-refractivity contribution in [3.8, 4) is 5.75 Å². The van der Waals surface area contributed by atoms with Crippen molar-refractivity contribution in [2.75, 3.05) is 0 Å². The van der Waals surface area contributed by atoms with Gasteiger partial charge in [-0.2, -0.15) is 0 Å². The minimum atomic E-state index is -0.938. The van der Waals surface area contributed by atoms with Crippen LogP contribution in [0, 0.1) is 17.5 Å². The second-order valence-corrected chi connectivity index (χ2v) is 4.99. The minimum absolute atomic E-state index is 0.0992. The van der Waals surface area contributed by atoms with Crippen LogP contribution in [-0.2, 0) is 13.2 Å². The zero-order valence-corrected chi connectivity index (χ0v) is 11.8. The molecule has 0 radical (unpaired) electrons. The predicted molar refractivity (Wildman–Crippen MR) is 70.7 cm³/mol. The molecule has 0 saturated carbocycles. The third kappa shape index (κ3) is 3.32. The van der Waals surface area contributed by atoms with Crippen LogP contribution in [0.5, 0.6) is 5.75 Å². The maximum atomic E-state index is 13.6. The van der Waals surface area contributed by atoms with E-state index in [0.717, 1.165) is 12.1 Å². The molecule has 2 rings (SSSR count). The Labute approximate surface area is 121 Å². The fourth-order valence-electron chi connectivity index (χ4n) is 1.63. The summed E-state index contributed by atoms with van der Waals surface area (Å²) < 4.78 is 46.3. The Hall–Kier alpha value is -1.53. The summed E-state index contributed by atoms with van der Waals surface area (Å²) in [5, 5.41) is 8.82. The van der Waals surface area contributed by atoms with Gasteiger partial charge in [0.1, 0.15) is 12.4 Å². The van der Waals surface area contributed by atoms with Gasteiger partial charge in [0.05, 0.1) is 6.61 Å². The molecule has 0 fully saturated rings. The average molecular weight is 347 g/mol. The van der Waals surface area contributed by atoms with E-state index >= 15 is 0 Å². The molecule has 106 valence electrons. The highest BCUT2D eigenvalue weighted by molar-refractivity contribution is 9.10. The number of ether oxygens (including phenoxy) is 1. The van der Waals surface area contributed by atoms with Crippen molar-refractivity contribution in [1.82, 2.24) is 0 Å². The van der Waals surface area contributed by atoms with Crippen molar-refractivity contribution in [3.05, 3.63) is 63.4 Å². The van der Waals surface area contributed by atoms with Crippen molar-refractivity contribution in [1.29, 1.82) is 0 Å². The third-order valence-electron chi connectivity index (χ3n) is 2.63. The Balaban J connectivity index is 2.19. The van der Waals surface area contributed by atoms with E-state index in [2.05, 4.69) is 15.9 Å². The van der Waals surface area contributed by atoms with Gasteiger partial charge in [0, 0.05) is 10.0 Å². The van der Waals surface area contributed by atoms with Crippen LogP contribution in [0.3, 0.4) is 0 Å². The molecule has 0 bridgehead atoms. The lowest BCUT2D eigenvalue weighted by Gasteiger charge is -2.10. The van der Waals surface area contributed by atoms with Crippen LogP contribution < -0.4 is 4.74 Å². The Bertz CT molecular complexity index is 609. The molecule has 2 aromatic carbocycles. The van der Waals surface area contributed by atoms with Gasteiger partial charge in [-0.1, -0.05) is 22.0 Å². The van der Waals surface area contributed by atoms with Crippen molar-refractivity contribution in [2.24, 2.45) is 0 Å². The largest absolute Gasteiger partial charge is 0.483 e. The number of aliphatic hydroxyl groups excluding tert-OH is 1. The van der Waals surface area contributed by atoms with E-state index in [1.807, 2.05) is 0 Å². The van der Waals surface area contributed by atoms with Crippen LogP contribution in [0.2, 0.25) is 0 Å². The second-order valence-electron chi connectivity index (χ2n) is 4.07. The Morgan fingerprint density at radius 2 is 1.65 bits per heavy atom. The van der Waals surface area contributed by atoms with Crippen molar-refractivity contribution < 1.29 is 23.0 Å². The summed E-state index contributed by atoms with van der Waals surface area (Å²) >= 11 is 3.11. The first-order valence-corrected chi connectivity index (χ1v) is 6.46. The fourth-order valence-corrected chi connectivity index (χ4v) is 1.96. The molecular weight excluding hydrogens is 337 g/mol. The zero-order valence-electron chi connectivity index (χ0n) is 10.2. The monoisotopic (exact) mass is 346 g/mol. The molecular formula is C14H10BrF3O2. The van der Waals surface area contributed by atoms with Crippen LogP contribution >= 0.6 is 15.9 Å². The van der Waals surface area contributed by atoms with Crippen molar-refractivity contribution in [3.63, 3.8) is 0 Å². The average Bonchev–Trinajstić information content (AvgIpc) is 2.39. The Morgan fingerprint density at radius 3 is 2.20 bits per heavy atom. The summed E-state index contributed by atoms with van der Waals surface area (Å²) in [7, 11) is 0. The number of halogens is 4. The molecule has 0 saturated heterocycles. The number of hydrogen-bond acceptors (Lipinski definition) is 2. The molecule has 0 aromatic heterocycles. The molecule has 0 aliphatic rings. The van der Waals surface area contributed by atoms with E-state index in [1.165, 1.54) is 12.1 Å². The first kappa shape index (κ1) is 14.9. The highest BCUT2D eigenvalue weighted by atomic mass is 79.9. The van der Waals surface area contributed by atoms with E-state index in [4.69, 9.17) is 9.84 Å². The van der Waals surface area contributed by atoms with Crippen LogP contribution in [0.4, 0.5) is 13.2 Å². The third-order valence-corrected chi connectivity index (χ3v) is 3.12. The fraction of sp³-hybridized carbons (Fsp3) is 0.143. The quantitative estimate of drug-likeness (QED) is 0.908. The molecule has 1 N–H and O–H groups in total. The molecule has 0 aliphatic carbocycles. The molecule has 6 heteroatoms. The Morgan fingerprint density at radius 1 is 1.00 bits per heavy atom. The second kappa shape index (κ2) is 6.28. The van der Waals surface area contributed by atoms with Gasteiger partial charge in [0.15, 0.2) is 17.4 Å². The van der Waals surface area contributed by atoms with Crippen LogP contribution in [0.15, 0.2) is 34.8 Å². The number of aliphatic hydroxyl groups is 1. The lowest BCUT2D eigenvalue weighted by atomic mass is 10.2. The number of hydrogen-bond donors (Lipinski definition) is 1. The first-order chi connectivity index (χ1) is 9.51. The van der Waals surface area contributed by atoms with Gasteiger partial charge in [0.25, 0.3) is 0 Å². The molecule has 2 nitrogen and oxygen atoms in total. The van der Waals surface area contributed by atoms with Gasteiger partial charge in [-0.3, -0.25) is 0 Å². The summed E-state index contributed by atoms with van der Waals surface area (Å²) in [6.45, 7) is -0.777. The summed E-state index contributed by atoms with van der Waals surface area (Å²) in [5.41, 5.74) is 0.278. The van der Waals surface area contributed by atoms with E-state index < -0.39 is 29.8 Å². The highest BCUT2D eigenvalue weighted by Crippen LogP contribution is 2.25. The van der Waals surface area contributed by atoms with Gasteiger partial charge in [-0.25, -0.2) is 13.2 Å². The molecule has 20 heavy (non-hydrogen) atoms. The maximum Gasteiger partial charge on any atom is 0.191 e. The smallest absolute Gasteiger partial charge is 0.191 e. The molecule has 0 atom stereocenters. The molecule has 0 unspecified atom stereocenters. The van der Waals surface area contributed by atoms with Crippen LogP contribution in [0.1, 0.15) is 11.1 Å². The summed E-state index contributed by atoms with van der Waals surface area (Å²) in [6.07, 6.45) is 0. The Kier molecular flexibility index (Phi) is 4.67. The first-order valence-electron chi connectivity index (χ1n) is 5.66. The topological polar surface area (TPSA) is 29.5 Å². The van der Waals surface area contributed by atoms with Gasteiger partial charge in [-0.05, 0) is 29.8 Å². The molecule has 0 heterocycles. The van der Waals surface area contributed by atoms with E-state index in [0.29, 0.717) is 4.47 Å². The van der Waals surface area contributed by atoms with E-state index in [9.17, 15) is 13.2 Å². The maximum absolute atomic E-state index is 13.6. The summed E-state index contributed by atoms with van der Waals surface area (Å²) in [6, 6.07) is 6.23. The highest BCUT2D eigenvalue weighted by Gasteiger charge is 2.13. The SMILES string of the molecule is OCc1cc(F)c(OCc2ccc(Br)cc2F)c(F)c1.